The molecule has 174 valence electrons. The van der Waals surface area contributed by atoms with Crippen molar-refractivity contribution in [2.24, 2.45) is 0 Å². The molecule has 1 amide bonds. The molecule has 0 atom stereocenters. The van der Waals surface area contributed by atoms with Gasteiger partial charge < -0.3 is 19.5 Å². The number of ether oxygens (including phenoxy) is 3. The molecule has 0 radical (unpaired) electrons. The zero-order valence-corrected chi connectivity index (χ0v) is 20.6. The molecule has 0 aliphatic carbocycles. The normalized spacial score (nSPS) is 10.9. The predicted octanol–water partition coefficient (Wildman–Crippen LogP) is 4.31. The van der Waals surface area contributed by atoms with Gasteiger partial charge in [0.15, 0.2) is 11.5 Å². The number of nitrogens with zero attached hydrogens (tertiary/aromatic N) is 1. The monoisotopic (exact) mass is 534 g/mol. The number of anilines is 2. The molecule has 0 fully saturated rings. The van der Waals surface area contributed by atoms with Crippen molar-refractivity contribution < 1.29 is 27.4 Å². The molecular formula is C23H23BrN2O6S. The van der Waals surface area contributed by atoms with Gasteiger partial charge in [-0.1, -0.05) is 12.1 Å². The van der Waals surface area contributed by atoms with E-state index in [4.69, 9.17) is 14.2 Å². The molecule has 0 spiro atoms. The maximum Gasteiger partial charge on any atom is 0.264 e. The number of nitrogens with one attached hydrogen (secondary N) is 1. The van der Waals surface area contributed by atoms with Gasteiger partial charge >= 0.3 is 0 Å². The Kier molecular flexibility index (Phi) is 7.83. The third-order valence-corrected chi connectivity index (χ3v) is 7.20. The van der Waals surface area contributed by atoms with E-state index < -0.39 is 22.5 Å². The lowest BCUT2D eigenvalue weighted by atomic mass is 10.3. The van der Waals surface area contributed by atoms with Gasteiger partial charge in [-0.05, 0) is 64.5 Å². The average Bonchev–Trinajstić information content (AvgIpc) is 2.83. The topological polar surface area (TPSA) is 94.2 Å². The lowest BCUT2D eigenvalue weighted by molar-refractivity contribution is -0.114. The number of halogens is 1. The van der Waals surface area contributed by atoms with Crippen LogP contribution in [0, 0.1) is 0 Å². The maximum absolute atomic E-state index is 13.6. The third kappa shape index (κ3) is 5.58. The first kappa shape index (κ1) is 24.4. The minimum Gasteiger partial charge on any atom is -0.497 e. The number of benzene rings is 3. The fourth-order valence-electron chi connectivity index (χ4n) is 3.05. The number of sulfonamides is 1. The standard InChI is InChI=1S/C23H23BrN2O6S/c1-30-17-10-8-16(9-11-17)26(15-23(27)25-20-7-5-4-6-19(20)24)33(28,29)18-12-13-21(31-2)22(14-18)32-3/h4-14H,15H2,1-3H3,(H,25,27). The van der Waals surface area contributed by atoms with Crippen molar-refractivity contribution in [3.63, 3.8) is 0 Å². The lowest BCUT2D eigenvalue weighted by Gasteiger charge is -2.25. The van der Waals surface area contributed by atoms with Crippen molar-refractivity contribution in [3.05, 3.63) is 71.2 Å². The summed E-state index contributed by atoms with van der Waals surface area (Å²) in [5.74, 6) is 0.687. The first-order valence-corrected chi connectivity index (χ1v) is 12.0. The molecule has 0 aliphatic heterocycles. The largest absolute Gasteiger partial charge is 0.497 e. The molecule has 0 bridgehead atoms. The Bertz CT molecular complexity index is 1230. The summed E-state index contributed by atoms with van der Waals surface area (Å²) >= 11 is 3.37. The number of amides is 1. The van der Waals surface area contributed by atoms with E-state index in [2.05, 4.69) is 21.2 Å². The predicted molar refractivity (Wildman–Crippen MR) is 130 cm³/mol. The molecule has 10 heteroatoms. The Morgan fingerprint density at radius 1 is 0.909 bits per heavy atom. The number of hydrogen-bond acceptors (Lipinski definition) is 6. The number of rotatable bonds is 9. The van der Waals surface area contributed by atoms with Crippen LogP contribution in [0.4, 0.5) is 11.4 Å². The van der Waals surface area contributed by atoms with Crippen molar-refractivity contribution in [3.8, 4) is 17.2 Å². The summed E-state index contributed by atoms with van der Waals surface area (Å²) in [5, 5.41) is 2.74. The van der Waals surface area contributed by atoms with Crippen LogP contribution in [-0.2, 0) is 14.8 Å². The second-order valence-corrected chi connectivity index (χ2v) is 9.47. The first-order chi connectivity index (χ1) is 15.8. The highest BCUT2D eigenvalue weighted by Gasteiger charge is 2.28. The minimum absolute atomic E-state index is 0.0512. The van der Waals surface area contributed by atoms with Gasteiger partial charge in [0.25, 0.3) is 10.0 Å². The quantitative estimate of drug-likeness (QED) is 0.439. The molecule has 3 aromatic rings. The van der Waals surface area contributed by atoms with Crippen LogP contribution in [0.15, 0.2) is 76.1 Å². The minimum atomic E-state index is -4.14. The van der Waals surface area contributed by atoms with Crippen LogP contribution in [0.2, 0.25) is 0 Å². The Morgan fingerprint density at radius 3 is 2.18 bits per heavy atom. The van der Waals surface area contributed by atoms with Gasteiger partial charge in [-0.25, -0.2) is 8.42 Å². The first-order valence-electron chi connectivity index (χ1n) is 9.73. The molecule has 3 rings (SSSR count). The summed E-state index contributed by atoms with van der Waals surface area (Å²) in [6.45, 7) is -0.454. The highest BCUT2D eigenvalue weighted by atomic mass is 79.9. The van der Waals surface area contributed by atoms with Crippen LogP contribution >= 0.6 is 15.9 Å². The van der Waals surface area contributed by atoms with E-state index >= 15 is 0 Å². The van der Waals surface area contributed by atoms with Gasteiger partial charge in [0, 0.05) is 10.5 Å². The maximum atomic E-state index is 13.6. The van der Waals surface area contributed by atoms with Gasteiger partial charge in [-0.2, -0.15) is 0 Å². The Hall–Kier alpha value is -3.24. The van der Waals surface area contributed by atoms with E-state index in [0.29, 0.717) is 27.3 Å². The highest BCUT2D eigenvalue weighted by Crippen LogP contribution is 2.32. The number of hydrogen-bond donors (Lipinski definition) is 1. The van der Waals surface area contributed by atoms with Crippen LogP contribution in [0.5, 0.6) is 17.2 Å². The molecule has 8 nitrogen and oxygen atoms in total. The summed E-state index contributed by atoms with van der Waals surface area (Å²) in [6.07, 6.45) is 0. The molecule has 0 saturated heterocycles. The van der Waals surface area contributed by atoms with Crippen LogP contribution in [0.1, 0.15) is 0 Å². The molecule has 0 heterocycles. The van der Waals surface area contributed by atoms with E-state index in [0.717, 1.165) is 4.31 Å². The van der Waals surface area contributed by atoms with Crippen molar-refractivity contribution in [1.82, 2.24) is 0 Å². The van der Waals surface area contributed by atoms with Gasteiger partial charge in [0.05, 0.1) is 37.6 Å². The van der Waals surface area contributed by atoms with E-state index in [1.807, 2.05) is 6.07 Å². The second kappa shape index (κ2) is 10.6. The van der Waals surface area contributed by atoms with Gasteiger partial charge in [-0.15, -0.1) is 0 Å². The van der Waals surface area contributed by atoms with Crippen LogP contribution < -0.4 is 23.8 Å². The Morgan fingerprint density at radius 2 is 1.58 bits per heavy atom. The van der Waals surface area contributed by atoms with Crippen LogP contribution in [0.25, 0.3) is 0 Å². The third-order valence-electron chi connectivity index (χ3n) is 4.74. The lowest BCUT2D eigenvalue weighted by Crippen LogP contribution is -2.38. The zero-order chi connectivity index (χ0) is 24.0. The molecule has 33 heavy (non-hydrogen) atoms. The van der Waals surface area contributed by atoms with Crippen molar-refractivity contribution >= 4 is 43.2 Å². The summed E-state index contributed by atoms with van der Waals surface area (Å²) in [5.41, 5.74) is 0.827. The SMILES string of the molecule is COc1ccc(N(CC(=O)Nc2ccccc2Br)S(=O)(=O)c2ccc(OC)c(OC)c2)cc1. The highest BCUT2D eigenvalue weighted by molar-refractivity contribution is 9.10. The van der Waals surface area contributed by atoms with Crippen molar-refractivity contribution in [2.45, 2.75) is 4.90 Å². The summed E-state index contributed by atoms with van der Waals surface area (Å²) < 4.78 is 44.6. The number of para-hydroxylation sites is 1. The van der Waals surface area contributed by atoms with Crippen molar-refractivity contribution in [2.75, 3.05) is 37.5 Å². The average molecular weight is 535 g/mol. The second-order valence-electron chi connectivity index (χ2n) is 6.75. The number of carbonyl (C=O) groups excluding carboxylic acids is 1. The smallest absolute Gasteiger partial charge is 0.264 e. The zero-order valence-electron chi connectivity index (χ0n) is 18.2. The van der Waals surface area contributed by atoms with Gasteiger partial charge in [0.2, 0.25) is 5.91 Å². The molecule has 0 saturated carbocycles. The molecular weight excluding hydrogens is 512 g/mol. The fourth-order valence-corrected chi connectivity index (χ4v) is 4.87. The summed E-state index contributed by atoms with van der Waals surface area (Å²) in [6, 6.07) is 17.7. The van der Waals surface area contributed by atoms with E-state index in [-0.39, 0.29) is 10.6 Å². The summed E-state index contributed by atoms with van der Waals surface area (Å²) in [4.78, 5) is 12.8. The Labute approximate surface area is 201 Å². The van der Waals surface area contributed by atoms with E-state index in [1.54, 1.807) is 42.5 Å². The van der Waals surface area contributed by atoms with Crippen molar-refractivity contribution in [1.29, 1.82) is 0 Å². The summed E-state index contributed by atoms with van der Waals surface area (Å²) in [7, 11) is 0.245. The van der Waals surface area contributed by atoms with E-state index in [9.17, 15) is 13.2 Å². The molecule has 3 aromatic carbocycles. The number of methoxy groups -OCH3 is 3. The molecule has 0 aromatic heterocycles. The van der Waals surface area contributed by atoms with Crippen LogP contribution in [0.3, 0.4) is 0 Å². The molecule has 0 unspecified atom stereocenters. The van der Waals surface area contributed by atoms with Crippen LogP contribution in [-0.4, -0.2) is 42.2 Å². The Balaban J connectivity index is 2.00. The molecule has 0 aliphatic rings. The van der Waals surface area contributed by atoms with Gasteiger partial charge in [0.1, 0.15) is 12.3 Å². The molecule has 1 N–H and O–H groups in total. The number of carbonyl (C=O) groups is 1. The fraction of sp³-hybridized carbons (Fsp3) is 0.174. The van der Waals surface area contributed by atoms with E-state index in [1.165, 1.54) is 39.5 Å². The van der Waals surface area contributed by atoms with Gasteiger partial charge in [-0.3, -0.25) is 9.10 Å².